The summed E-state index contributed by atoms with van der Waals surface area (Å²) in [5, 5.41) is 2.97. The lowest BCUT2D eigenvalue weighted by atomic mass is 10.1. The van der Waals surface area contributed by atoms with Crippen LogP contribution >= 0.6 is 0 Å². The van der Waals surface area contributed by atoms with E-state index in [9.17, 15) is 4.79 Å². The third kappa shape index (κ3) is 5.88. The molecule has 1 amide bonds. The second-order valence-electron chi connectivity index (χ2n) is 6.71. The fourth-order valence-corrected chi connectivity index (χ4v) is 2.87. The van der Waals surface area contributed by atoms with E-state index in [0.29, 0.717) is 6.54 Å². The highest BCUT2D eigenvalue weighted by molar-refractivity contribution is 5.77. The maximum absolute atomic E-state index is 12.1. The molecule has 2 N–H and O–H groups in total. The largest absolute Gasteiger partial charge is 0.484 e. The molecule has 2 aromatic rings. The van der Waals surface area contributed by atoms with Crippen LogP contribution in [0.25, 0.3) is 0 Å². The lowest BCUT2D eigenvalue weighted by molar-refractivity contribution is -0.910. The van der Waals surface area contributed by atoms with Crippen molar-refractivity contribution in [2.75, 3.05) is 19.7 Å². The smallest absolute Gasteiger partial charge is 0.258 e. The van der Waals surface area contributed by atoms with E-state index >= 15 is 0 Å². The van der Waals surface area contributed by atoms with Crippen molar-refractivity contribution in [3.8, 4) is 5.75 Å². The van der Waals surface area contributed by atoms with Gasteiger partial charge in [-0.3, -0.25) is 4.79 Å². The fraction of sp³-hybridized carbons (Fsp3) is 0.409. The van der Waals surface area contributed by atoms with Crippen LogP contribution in [-0.4, -0.2) is 25.6 Å². The molecule has 4 heteroatoms. The Bertz CT molecular complexity index is 724. The number of hydrogen-bond acceptors (Lipinski definition) is 2. The zero-order valence-corrected chi connectivity index (χ0v) is 16.4. The Morgan fingerprint density at radius 2 is 1.69 bits per heavy atom. The summed E-state index contributed by atoms with van der Waals surface area (Å²) < 4.78 is 5.61. The molecule has 4 nitrogen and oxygen atoms in total. The van der Waals surface area contributed by atoms with Crippen LogP contribution in [0, 0.1) is 13.8 Å². The Balaban J connectivity index is 1.88. The summed E-state index contributed by atoms with van der Waals surface area (Å²) in [6, 6.07) is 14.2. The van der Waals surface area contributed by atoms with Gasteiger partial charge in [0, 0.05) is 12.1 Å². The van der Waals surface area contributed by atoms with E-state index in [1.807, 2.05) is 31.2 Å². The SMILES string of the molecule is CC[NH+](CC)Cc1ccccc1CNC(=O)COc1ccc(C)c(C)c1. The van der Waals surface area contributed by atoms with Crippen molar-refractivity contribution in [2.45, 2.75) is 40.8 Å². The van der Waals surface area contributed by atoms with Crippen molar-refractivity contribution >= 4 is 5.91 Å². The normalized spacial score (nSPS) is 10.8. The average Bonchev–Trinajstić information content (AvgIpc) is 2.66. The third-order valence-electron chi connectivity index (χ3n) is 4.88. The molecule has 0 saturated heterocycles. The molecule has 0 saturated carbocycles. The van der Waals surface area contributed by atoms with Crippen LogP contribution in [0.2, 0.25) is 0 Å². The number of quaternary nitrogens is 1. The first kappa shape index (κ1) is 20.0. The lowest BCUT2D eigenvalue weighted by Crippen LogP contribution is -3.10. The Kier molecular flexibility index (Phi) is 7.67. The molecule has 0 fully saturated rings. The second-order valence-corrected chi connectivity index (χ2v) is 6.71. The molecule has 26 heavy (non-hydrogen) atoms. The molecule has 0 radical (unpaired) electrons. The number of amides is 1. The summed E-state index contributed by atoms with van der Waals surface area (Å²) in [5.74, 6) is 0.627. The van der Waals surface area contributed by atoms with E-state index in [1.54, 1.807) is 0 Å². The zero-order chi connectivity index (χ0) is 18.9. The van der Waals surface area contributed by atoms with Gasteiger partial charge in [0.25, 0.3) is 5.91 Å². The van der Waals surface area contributed by atoms with Crippen molar-refractivity contribution in [2.24, 2.45) is 0 Å². The number of ether oxygens (including phenoxy) is 1. The number of rotatable bonds is 9. The van der Waals surface area contributed by atoms with E-state index in [4.69, 9.17) is 4.74 Å². The zero-order valence-electron chi connectivity index (χ0n) is 16.4. The summed E-state index contributed by atoms with van der Waals surface area (Å²) >= 11 is 0. The molecule has 2 rings (SSSR count). The molecule has 0 spiro atoms. The van der Waals surface area contributed by atoms with Crippen molar-refractivity contribution in [1.82, 2.24) is 5.32 Å². The maximum atomic E-state index is 12.1. The predicted molar refractivity (Wildman–Crippen MR) is 105 cm³/mol. The monoisotopic (exact) mass is 355 g/mol. The first-order valence-corrected chi connectivity index (χ1v) is 9.40. The first-order valence-electron chi connectivity index (χ1n) is 9.40. The molecular formula is C22H31N2O2+. The molecule has 0 unspecified atom stereocenters. The topological polar surface area (TPSA) is 42.8 Å². The second kappa shape index (κ2) is 9.97. The van der Waals surface area contributed by atoms with Crippen LogP contribution in [-0.2, 0) is 17.9 Å². The van der Waals surface area contributed by atoms with Gasteiger partial charge in [0.05, 0.1) is 13.1 Å². The van der Waals surface area contributed by atoms with E-state index < -0.39 is 0 Å². The highest BCUT2D eigenvalue weighted by Crippen LogP contribution is 2.16. The minimum absolute atomic E-state index is 0.0337. The molecule has 0 aromatic heterocycles. The number of benzene rings is 2. The van der Waals surface area contributed by atoms with Crippen LogP contribution in [0.5, 0.6) is 5.75 Å². The van der Waals surface area contributed by atoms with Gasteiger partial charge in [-0.25, -0.2) is 0 Å². The minimum Gasteiger partial charge on any atom is -0.484 e. The lowest BCUT2D eigenvalue weighted by Gasteiger charge is -2.18. The predicted octanol–water partition coefficient (Wildman–Crippen LogP) is 2.42. The summed E-state index contributed by atoms with van der Waals surface area (Å²) in [5.41, 5.74) is 4.84. The molecule has 140 valence electrons. The van der Waals surface area contributed by atoms with Crippen LogP contribution in [0.4, 0.5) is 0 Å². The van der Waals surface area contributed by atoms with Crippen molar-refractivity contribution < 1.29 is 14.4 Å². The van der Waals surface area contributed by atoms with Gasteiger partial charge in [-0.05, 0) is 56.5 Å². The molecule has 0 atom stereocenters. The van der Waals surface area contributed by atoms with E-state index in [1.165, 1.54) is 21.6 Å². The first-order chi connectivity index (χ1) is 12.5. The van der Waals surface area contributed by atoms with Gasteiger partial charge >= 0.3 is 0 Å². The molecule has 0 heterocycles. The molecule has 2 aromatic carbocycles. The number of aryl methyl sites for hydroxylation is 2. The van der Waals surface area contributed by atoms with Crippen molar-refractivity contribution in [3.63, 3.8) is 0 Å². The highest BCUT2D eigenvalue weighted by atomic mass is 16.5. The van der Waals surface area contributed by atoms with E-state index in [-0.39, 0.29) is 12.5 Å². The summed E-state index contributed by atoms with van der Waals surface area (Å²) in [6.07, 6.45) is 0. The maximum Gasteiger partial charge on any atom is 0.258 e. The van der Waals surface area contributed by atoms with Crippen LogP contribution in [0.3, 0.4) is 0 Å². The standard InChI is InChI=1S/C22H30N2O2/c1-5-24(6-2)15-20-10-8-7-9-19(20)14-23-22(25)16-26-21-12-11-17(3)18(4)13-21/h7-13H,5-6,14-16H2,1-4H3,(H,23,25)/p+1. The summed E-state index contributed by atoms with van der Waals surface area (Å²) in [6.45, 7) is 12.2. The van der Waals surface area contributed by atoms with Crippen LogP contribution in [0.1, 0.15) is 36.1 Å². The number of carbonyl (C=O) groups is 1. The molecule has 0 aliphatic rings. The van der Waals surface area contributed by atoms with Gasteiger partial charge in [0.2, 0.25) is 0 Å². The molecular weight excluding hydrogens is 324 g/mol. The van der Waals surface area contributed by atoms with Crippen LogP contribution in [0.15, 0.2) is 42.5 Å². The highest BCUT2D eigenvalue weighted by Gasteiger charge is 2.10. The Hall–Kier alpha value is -2.33. The van der Waals surface area contributed by atoms with Gasteiger partial charge in [-0.2, -0.15) is 0 Å². The van der Waals surface area contributed by atoms with E-state index in [2.05, 4.69) is 44.3 Å². The fourth-order valence-electron chi connectivity index (χ4n) is 2.87. The minimum atomic E-state index is -0.104. The van der Waals surface area contributed by atoms with Crippen molar-refractivity contribution in [1.29, 1.82) is 0 Å². The van der Waals surface area contributed by atoms with Crippen LogP contribution < -0.4 is 15.0 Å². The van der Waals surface area contributed by atoms with Gasteiger partial charge in [-0.1, -0.05) is 30.3 Å². The van der Waals surface area contributed by atoms with E-state index in [0.717, 1.165) is 30.9 Å². The van der Waals surface area contributed by atoms with Gasteiger partial charge in [0.1, 0.15) is 12.3 Å². The molecule has 0 aliphatic carbocycles. The van der Waals surface area contributed by atoms with Crippen molar-refractivity contribution in [3.05, 3.63) is 64.7 Å². The molecule has 0 bridgehead atoms. The summed E-state index contributed by atoms with van der Waals surface area (Å²) in [4.78, 5) is 13.7. The number of nitrogens with one attached hydrogen (secondary N) is 2. The van der Waals surface area contributed by atoms with Gasteiger partial charge in [-0.15, -0.1) is 0 Å². The Morgan fingerprint density at radius 3 is 2.35 bits per heavy atom. The van der Waals surface area contributed by atoms with Gasteiger partial charge in [0.15, 0.2) is 6.61 Å². The quantitative estimate of drug-likeness (QED) is 0.725. The Morgan fingerprint density at radius 1 is 1.00 bits per heavy atom. The van der Waals surface area contributed by atoms with Gasteiger partial charge < -0.3 is 15.0 Å². The third-order valence-corrected chi connectivity index (χ3v) is 4.88. The number of carbonyl (C=O) groups excluding carboxylic acids is 1. The Labute approximate surface area is 157 Å². The molecule has 0 aliphatic heterocycles. The number of hydrogen-bond donors (Lipinski definition) is 2. The summed E-state index contributed by atoms with van der Waals surface area (Å²) in [7, 11) is 0. The average molecular weight is 356 g/mol.